The van der Waals surface area contributed by atoms with Gasteiger partial charge in [-0.3, -0.25) is 4.79 Å². The zero-order chi connectivity index (χ0) is 14.9. The van der Waals surface area contributed by atoms with E-state index in [0.717, 1.165) is 19.1 Å². The van der Waals surface area contributed by atoms with Crippen LogP contribution in [0.2, 0.25) is 0 Å². The SMILES string of the molecule is CNC(=O)C1CCCN1c1cccc(S(C)(=O)=O)c1N. The molecule has 20 heavy (non-hydrogen) atoms. The Balaban J connectivity index is 2.46. The van der Waals surface area contributed by atoms with Crippen LogP contribution >= 0.6 is 0 Å². The number of hydrogen-bond acceptors (Lipinski definition) is 5. The van der Waals surface area contributed by atoms with E-state index in [-0.39, 0.29) is 22.5 Å². The van der Waals surface area contributed by atoms with Crippen molar-refractivity contribution in [3.05, 3.63) is 18.2 Å². The van der Waals surface area contributed by atoms with Gasteiger partial charge in [0.1, 0.15) is 6.04 Å². The first kappa shape index (κ1) is 14.6. The molecular formula is C13H19N3O3S. The fraction of sp³-hybridized carbons (Fsp3) is 0.462. The fourth-order valence-corrected chi connectivity index (χ4v) is 3.43. The van der Waals surface area contributed by atoms with Crippen LogP contribution in [0.25, 0.3) is 0 Å². The van der Waals surface area contributed by atoms with Gasteiger partial charge in [0, 0.05) is 19.8 Å². The average molecular weight is 297 g/mol. The lowest BCUT2D eigenvalue weighted by atomic mass is 10.2. The van der Waals surface area contributed by atoms with Gasteiger partial charge in [0.15, 0.2) is 9.84 Å². The van der Waals surface area contributed by atoms with Crippen LogP contribution in [-0.4, -0.2) is 40.2 Å². The number of benzene rings is 1. The van der Waals surface area contributed by atoms with E-state index in [2.05, 4.69) is 5.32 Å². The molecule has 0 spiro atoms. The quantitative estimate of drug-likeness (QED) is 0.787. The van der Waals surface area contributed by atoms with Crippen LogP contribution in [-0.2, 0) is 14.6 Å². The van der Waals surface area contributed by atoms with Gasteiger partial charge in [0.2, 0.25) is 5.91 Å². The Bertz CT molecular complexity index is 628. The Hall–Kier alpha value is -1.76. The lowest BCUT2D eigenvalue weighted by Gasteiger charge is -2.27. The first-order valence-corrected chi connectivity index (χ1v) is 8.32. The number of likely N-dealkylation sites (N-methyl/N-ethyl adjacent to an activating group) is 1. The summed E-state index contributed by atoms with van der Waals surface area (Å²) >= 11 is 0. The van der Waals surface area contributed by atoms with Crippen molar-refractivity contribution in [2.45, 2.75) is 23.8 Å². The average Bonchev–Trinajstić information content (AvgIpc) is 2.85. The topological polar surface area (TPSA) is 92.5 Å². The number of nitrogens with zero attached hydrogens (tertiary/aromatic N) is 1. The third-order valence-corrected chi connectivity index (χ3v) is 4.71. The van der Waals surface area contributed by atoms with Crippen molar-refractivity contribution in [1.29, 1.82) is 0 Å². The van der Waals surface area contributed by atoms with Crippen molar-refractivity contribution in [2.75, 3.05) is 30.5 Å². The van der Waals surface area contributed by atoms with E-state index in [0.29, 0.717) is 12.2 Å². The fourth-order valence-electron chi connectivity index (χ4n) is 2.60. The van der Waals surface area contributed by atoms with Crippen molar-refractivity contribution < 1.29 is 13.2 Å². The highest BCUT2D eigenvalue weighted by Crippen LogP contribution is 2.34. The highest BCUT2D eigenvalue weighted by atomic mass is 32.2. The predicted octanol–water partition coefficient (Wildman–Crippen LogP) is 0.387. The molecule has 1 unspecified atom stereocenters. The van der Waals surface area contributed by atoms with Gasteiger partial charge in [-0.05, 0) is 25.0 Å². The number of nitrogens with two attached hydrogens (primary N) is 1. The van der Waals surface area contributed by atoms with Crippen molar-refractivity contribution in [3.8, 4) is 0 Å². The highest BCUT2D eigenvalue weighted by molar-refractivity contribution is 7.90. The van der Waals surface area contributed by atoms with Gasteiger partial charge in [0.25, 0.3) is 0 Å². The molecule has 0 radical (unpaired) electrons. The minimum absolute atomic E-state index is 0.0772. The van der Waals surface area contributed by atoms with Crippen LogP contribution in [0.5, 0.6) is 0 Å². The first-order valence-electron chi connectivity index (χ1n) is 6.43. The van der Waals surface area contributed by atoms with E-state index < -0.39 is 9.84 Å². The number of carbonyl (C=O) groups is 1. The number of carbonyl (C=O) groups excluding carboxylic acids is 1. The van der Waals surface area contributed by atoms with Gasteiger partial charge >= 0.3 is 0 Å². The number of nitrogen functional groups attached to an aromatic ring is 1. The first-order chi connectivity index (χ1) is 9.36. The molecule has 0 saturated carbocycles. The molecule has 0 aromatic heterocycles. The lowest BCUT2D eigenvalue weighted by Crippen LogP contribution is -2.42. The summed E-state index contributed by atoms with van der Waals surface area (Å²) in [6, 6.07) is 4.60. The van der Waals surface area contributed by atoms with E-state index in [9.17, 15) is 13.2 Å². The number of para-hydroxylation sites is 1. The van der Waals surface area contributed by atoms with E-state index in [1.807, 2.05) is 4.90 Å². The molecule has 3 N–H and O–H groups in total. The Labute approximate surface area is 118 Å². The maximum absolute atomic E-state index is 11.9. The summed E-state index contributed by atoms with van der Waals surface area (Å²) in [6.07, 6.45) is 2.74. The molecule has 1 aliphatic rings. The van der Waals surface area contributed by atoms with Crippen LogP contribution < -0.4 is 16.0 Å². The number of hydrogen-bond donors (Lipinski definition) is 2. The Morgan fingerprint density at radius 1 is 1.45 bits per heavy atom. The molecule has 0 aliphatic carbocycles. The molecule has 2 rings (SSSR count). The molecule has 1 aromatic carbocycles. The molecule has 110 valence electrons. The summed E-state index contributed by atoms with van der Waals surface area (Å²) in [7, 11) is -1.79. The minimum atomic E-state index is -3.38. The number of rotatable bonds is 3. The predicted molar refractivity (Wildman–Crippen MR) is 78.4 cm³/mol. The van der Waals surface area contributed by atoms with Crippen LogP contribution in [0.15, 0.2) is 23.1 Å². The Kier molecular flexibility index (Phi) is 3.89. The molecule has 1 aliphatic heterocycles. The number of sulfone groups is 1. The molecule has 1 fully saturated rings. The van der Waals surface area contributed by atoms with Gasteiger partial charge in [0.05, 0.1) is 16.3 Å². The third kappa shape index (κ3) is 2.58. The Morgan fingerprint density at radius 2 is 2.15 bits per heavy atom. The monoisotopic (exact) mass is 297 g/mol. The van der Waals surface area contributed by atoms with Gasteiger partial charge in [-0.2, -0.15) is 0 Å². The normalized spacial score (nSPS) is 19.1. The molecule has 1 saturated heterocycles. The summed E-state index contributed by atoms with van der Waals surface area (Å²) in [5, 5.41) is 2.63. The van der Waals surface area contributed by atoms with Crippen molar-refractivity contribution in [2.24, 2.45) is 0 Å². The second-order valence-electron chi connectivity index (χ2n) is 4.93. The third-order valence-electron chi connectivity index (χ3n) is 3.55. The summed E-state index contributed by atoms with van der Waals surface area (Å²) in [4.78, 5) is 13.9. The lowest BCUT2D eigenvalue weighted by molar-refractivity contribution is -0.121. The van der Waals surface area contributed by atoms with Crippen molar-refractivity contribution in [1.82, 2.24) is 5.32 Å². The maximum Gasteiger partial charge on any atom is 0.242 e. The summed E-state index contributed by atoms with van der Waals surface area (Å²) in [6.45, 7) is 0.690. The number of anilines is 2. The van der Waals surface area contributed by atoms with Gasteiger partial charge < -0.3 is 16.0 Å². The molecule has 6 nitrogen and oxygen atoms in total. The van der Waals surface area contributed by atoms with Crippen LogP contribution in [0, 0.1) is 0 Å². The van der Waals surface area contributed by atoms with E-state index in [1.54, 1.807) is 19.2 Å². The standard InChI is InChI=1S/C13H19N3O3S/c1-15-13(17)10-6-4-8-16(10)9-5-3-7-11(12(9)14)20(2,18)19/h3,5,7,10H,4,6,8,14H2,1-2H3,(H,15,17). The minimum Gasteiger partial charge on any atom is -0.396 e. The second-order valence-corrected chi connectivity index (χ2v) is 6.91. The Morgan fingerprint density at radius 3 is 2.75 bits per heavy atom. The number of amides is 1. The van der Waals surface area contributed by atoms with Gasteiger partial charge in [-0.25, -0.2) is 8.42 Å². The van der Waals surface area contributed by atoms with E-state index in [1.165, 1.54) is 6.07 Å². The summed E-state index contributed by atoms with van der Waals surface area (Å²) < 4.78 is 23.4. The molecule has 1 aromatic rings. The van der Waals surface area contributed by atoms with Crippen molar-refractivity contribution in [3.63, 3.8) is 0 Å². The maximum atomic E-state index is 11.9. The van der Waals surface area contributed by atoms with Gasteiger partial charge in [-0.1, -0.05) is 6.07 Å². The molecule has 7 heteroatoms. The molecule has 1 heterocycles. The van der Waals surface area contributed by atoms with Crippen LogP contribution in [0.4, 0.5) is 11.4 Å². The second kappa shape index (κ2) is 5.32. The summed E-state index contributed by atoms with van der Waals surface area (Å²) in [5.41, 5.74) is 6.82. The molecular weight excluding hydrogens is 278 g/mol. The molecule has 1 atom stereocenters. The van der Waals surface area contributed by atoms with Gasteiger partial charge in [-0.15, -0.1) is 0 Å². The van der Waals surface area contributed by atoms with E-state index in [4.69, 9.17) is 5.73 Å². The van der Waals surface area contributed by atoms with Crippen LogP contribution in [0.1, 0.15) is 12.8 Å². The largest absolute Gasteiger partial charge is 0.396 e. The van der Waals surface area contributed by atoms with E-state index >= 15 is 0 Å². The zero-order valence-corrected chi connectivity index (χ0v) is 12.4. The zero-order valence-electron chi connectivity index (χ0n) is 11.6. The highest BCUT2D eigenvalue weighted by Gasteiger charge is 2.32. The molecule has 1 amide bonds. The smallest absolute Gasteiger partial charge is 0.242 e. The van der Waals surface area contributed by atoms with Crippen molar-refractivity contribution >= 4 is 27.1 Å². The summed E-state index contributed by atoms with van der Waals surface area (Å²) in [5.74, 6) is -0.0772. The number of nitrogens with one attached hydrogen (secondary N) is 1. The van der Waals surface area contributed by atoms with Crippen LogP contribution in [0.3, 0.4) is 0 Å². The molecule has 0 bridgehead atoms.